The minimum atomic E-state index is -0.218. The number of benzene rings is 2. The summed E-state index contributed by atoms with van der Waals surface area (Å²) < 4.78 is 22.6. The van der Waals surface area contributed by atoms with Crippen molar-refractivity contribution in [3.63, 3.8) is 0 Å². The van der Waals surface area contributed by atoms with Crippen LogP contribution in [0.15, 0.2) is 42.6 Å². The molecule has 132 valence electrons. The normalized spacial score (nSPS) is 15.9. The van der Waals surface area contributed by atoms with Gasteiger partial charge in [-0.25, -0.2) is 4.39 Å². The first-order valence-electron chi connectivity index (χ1n) is 8.73. The van der Waals surface area contributed by atoms with E-state index in [-0.39, 0.29) is 5.82 Å². The maximum Gasteiger partial charge on any atom is 0.123 e. The highest BCUT2D eigenvalue weighted by Gasteiger charge is 2.26. The Morgan fingerprint density at radius 1 is 1.15 bits per heavy atom. The van der Waals surface area contributed by atoms with Crippen LogP contribution in [0.25, 0.3) is 27.5 Å². The number of H-pyrrole nitrogens is 1. The fourth-order valence-corrected chi connectivity index (χ4v) is 5.02. The predicted molar refractivity (Wildman–Crippen MR) is 108 cm³/mol. The van der Waals surface area contributed by atoms with Crippen LogP contribution in [0.1, 0.15) is 24.5 Å². The molecule has 2 aromatic carbocycles. The van der Waals surface area contributed by atoms with Crippen molar-refractivity contribution in [3.05, 3.63) is 57.7 Å². The van der Waals surface area contributed by atoms with Crippen LogP contribution in [0.3, 0.4) is 0 Å². The average molecular weight is 461 g/mol. The Morgan fingerprint density at radius 3 is 2.69 bits per heavy atom. The van der Waals surface area contributed by atoms with E-state index in [2.05, 4.69) is 49.5 Å². The van der Waals surface area contributed by atoms with Crippen LogP contribution < -0.4 is 0 Å². The standard InChI is InChI=1S/C20H17FIN3O/c21-14-1-3-15(4-2-14)25-18-9-13-11-23-24-17(13)10-16(18)19(22)20(25)12-5-7-26-8-6-12/h1-4,9-12H,5-8H2,(H,23,24). The van der Waals surface area contributed by atoms with E-state index in [0.29, 0.717) is 5.92 Å². The van der Waals surface area contributed by atoms with Crippen LogP contribution in [0.5, 0.6) is 0 Å². The number of nitrogens with one attached hydrogen (secondary N) is 1. The topological polar surface area (TPSA) is 42.8 Å². The van der Waals surface area contributed by atoms with Crippen molar-refractivity contribution in [1.82, 2.24) is 14.8 Å². The van der Waals surface area contributed by atoms with Gasteiger partial charge in [0.15, 0.2) is 0 Å². The minimum absolute atomic E-state index is 0.218. The summed E-state index contributed by atoms with van der Waals surface area (Å²) in [5, 5.41) is 9.50. The van der Waals surface area contributed by atoms with Gasteiger partial charge in [-0.3, -0.25) is 5.10 Å². The quantitative estimate of drug-likeness (QED) is 0.420. The van der Waals surface area contributed by atoms with Gasteiger partial charge in [0.05, 0.1) is 17.2 Å². The zero-order chi connectivity index (χ0) is 17.7. The Kier molecular flexibility index (Phi) is 3.97. The van der Waals surface area contributed by atoms with Crippen molar-refractivity contribution in [2.24, 2.45) is 0 Å². The highest BCUT2D eigenvalue weighted by atomic mass is 127. The Balaban J connectivity index is 1.83. The Morgan fingerprint density at radius 2 is 1.92 bits per heavy atom. The number of aromatic amines is 1. The van der Waals surface area contributed by atoms with E-state index in [4.69, 9.17) is 4.74 Å². The van der Waals surface area contributed by atoms with E-state index < -0.39 is 0 Å². The summed E-state index contributed by atoms with van der Waals surface area (Å²) in [6.45, 7) is 1.58. The summed E-state index contributed by atoms with van der Waals surface area (Å²) in [6.07, 6.45) is 3.86. The van der Waals surface area contributed by atoms with Gasteiger partial charge in [0.25, 0.3) is 0 Å². The summed E-state index contributed by atoms with van der Waals surface area (Å²) in [4.78, 5) is 0. The van der Waals surface area contributed by atoms with Crippen LogP contribution in [-0.2, 0) is 4.74 Å². The van der Waals surface area contributed by atoms with E-state index in [9.17, 15) is 4.39 Å². The summed E-state index contributed by atoms with van der Waals surface area (Å²) in [7, 11) is 0. The third-order valence-electron chi connectivity index (χ3n) is 5.19. The van der Waals surface area contributed by atoms with Crippen LogP contribution in [0, 0.1) is 9.39 Å². The molecule has 1 aliphatic heterocycles. The van der Waals surface area contributed by atoms with E-state index in [1.807, 2.05) is 18.3 Å². The van der Waals surface area contributed by atoms with Crippen molar-refractivity contribution < 1.29 is 9.13 Å². The second-order valence-corrected chi connectivity index (χ2v) is 7.80. The van der Waals surface area contributed by atoms with Gasteiger partial charge in [-0.05, 0) is 71.8 Å². The lowest BCUT2D eigenvalue weighted by molar-refractivity contribution is 0.0841. The van der Waals surface area contributed by atoms with Crippen LogP contribution >= 0.6 is 22.6 Å². The molecule has 26 heavy (non-hydrogen) atoms. The third-order valence-corrected chi connectivity index (χ3v) is 6.33. The van der Waals surface area contributed by atoms with Gasteiger partial charge in [-0.1, -0.05) is 0 Å². The second-order valence-electron chi connectivity index (χ2n) is 6.72. The lowest BCUT2D eigenvalue weighted by Gasteiger charge is -2.24. The van der Waals surface area contributed by atoms with Gasteiger partial charge in [-0.2, -0.15) is 5.10 Å². The molecule has 5 rings (SSSR count). The minimum Gasteiger partial charge on any atom is -0.381 e. The van der Waals surface area contributed by atoms with E-state index >= 15 is 0 Å². The summed E-state index contributed by atoms with van der Waals surface area (Å²) >= 11 is 2.46. The fraction of sp³-hybridized carbons (Fsp3) is 0.250. The fourth-order valence-electron chi connectivity index (χ4n) is 3.91. The Hall–Kier alpha value is -1.93. The molecule has 0 bridgehead atoms. The molecule has 3 heterocycles. The molecule has 4 nitrogen and oxygen atoms in total. The molecule has 0 spiro atoms. The molecule has 0 saturated carbocycles. The van der Waals surface area contributed by atoms with Crippen LogP contribution in [-0.4, -0.2) is 28.0 Å². The smallest absolute Gasteiger partial charge is 0.123 e. The molecule has 0 unspecified atom stereocenters. The molecule has 0 amide bonds. The van der Waals surface area contributed by atoms with Gasteiger partial charge in [0.1, 0.15) is 5.82 Å². The van der Waals surface area contributed by atoms with E-state index in [1.54, 1.807) is 0 Å². The van der Waals surface area contributed by atoms with Crippen LogP contribution in [0.4, 0.5) is 4.39 Å². The van der Waals surface area contributed by atoms with Gasteiger partial charge >= 0.3 is 0 Å². The van der Waals surface area contributed by atoms with Gasteiger partial charge in [0.2, 0.25) is 0 Å². The molecule has 2 aromatic heterocycles. The SMILES string of the molecule is Fc1ccc(-n2c(C3CCOCC3)c(I)c3cc4[nH]ncc4cc32)cc1. The number of nitrogens with zero attached hydrogens (tertiary/aromatic N) is 2. The zero-order valence-electron chi connectivity index (χ0n) is 14.0. The number of halogens is 2. The third kappa shape index (κ3) is 2.54. The summed E-state index contributed by atoms with van der Waals surface area (Å²) in [5.74, 6) is 0.217. The molecular weight excluding hydrogens is 444 g/mol. The van der Waals surface area contributed by atoms with Crippen molar-refractivity contribution in [1.29, 1.82) is 0 Å². The number of hydrogen-bond acceptors (Lipinski definition) is 2. The summed E-state index contributed by atoms with van der Waals surface area (Å²) in [5.41, 5.74) is 4.46. The number of fused-ring (bicyclic) bond motifs is 2. The van der Waals surface area contributed by atoms with Crippen LogP contribution in [0.2, 0.25) is 0 Å². The maximum absolute atomic E-state index is 13.5. The molecule has 6 heteroatoms. The largest absolute Gasteiger partial charge is 0.381 e. The number of rotatable bonds is 2. The van der Waals surface area contributed by atoms with Gasteiger partial charge in [-0.15, -0.1) is 0 Å². The molecule has 0 atom stereocenters. The first kappa shape index (κ1) is 16.3. The van der Waals surface area contributed by atoms with E-state index in [0.717, 1.165) is 48.2 Å². The monoisotopic (exact) mass is 461 g/mol. The lowest BCUT2D eigenvalue weighted by Crippen LogP contribution is -2.17. The van der Waals surface area contributed by atoms with E-state index in [1.165, 1.54) is 26.8 Å². The van der Waals surface area contributed by atoms with Crippen molar-refractivity contribution >= 4 is 44.4 Å². The highest BCUT2D eigenvalue weighted by molar-refractivity contribution is 14.1. The molecular formula is C20H17FIN3O. The molecule has 1 fully saturated rings. The van der Waals surface area contributed by atoms with Gasteiger partial charge < -0.3 is 9.30 Å². The predicted octanol–water partition coefficient (Wildman–Crippen LogP) is 5.14. The first-order chi connectivity index (χ1) is 12.7. The highest BCUT2D eigenvalue weighted by Crippen LogP contribution is 2.40. The molecule has 1 aliphatic rings. The zero-order valence-corrected chi connectivity index (χ0v) is 16.2. The number of ether oxygens (including phenoxy) is 1. The van der Waals surface area contributed by atoms with Crippen molar-refractivity contribution in [2.75, 3.05) is 13.2 Å². The molecule has 1 N–H and O–H groups in total. The molecule has 1 saturated heterocycles. The Labute approximate surface area is 163 Å². The molecule has 4 aromatic rings. The van der Waals surface area contributed by atoms with Gasteiger partial charge in [0, 0.05) is 44.9 Å². The molecule has 0 aliphatic carbocycles. The summed E-state index contributed by atoms with van der Waals surface area (Å²) in [6, 6.07) is 11.1. The van der Waals surface area contributed by atoms with Crippen molar-refractivity contribution in [2.45, 2.75) is 18.8 Å². The second kappa shape index (κ2) is 6.35. The number of aromatic nitrogens is 3. The lowest BCUT2D eigenvalue weighted by atomic mass is 9.96. The van der Waals surface area contributed by atoms with Crippen molar-refractivity contribution in [3.8, 4) is 5.69 Å². The Bertz CT molecular complexity index is 1090. The maximum atomic E-state index is 13.5. The first-order valence-corrected chi connectivity index (χ1v) is 9.81. The molecule has 0 radical (unpaired) electrons. The number of hydrogen-bond donors (Lipinski definition) is 1. The average Bonchev–Trinajstić information content (AvgIpc) is 3.24.